The summed E-state index contributed by atoms with van der Waals surface area (Å²) in [4.78, 5) is 8.62. The Kier molecular flexibility index (Phi) is 6.12. The van der Waals surface area contributed by atoms with Crippen molar-refractivity contribution in [2.75, 3.05) is 0 Å². The molecule has 2 aromatic heterocycles. The third kappa shape index (κ3) is 4.69. The Morgan fingerprint density at radius 3 is 2.52 bits per heavy atom. The molecule has 5 nitrogen and oxygen atoms in total. The average molecular weight is 480 g/mol. The number of aryl methyl sites for hydroxylation is 1. The maximum atomic E-state index is 11.0. The molecule has 1 N–H and O–H groups in total. The third-order valence-electron chi connectivity index (χ3n) is 6.58. The van der Waals surface area contributed by atoms with Crippen LogP contribution >= 0.6 is 11.6 Å². The van der Waals surface area contributed by atoms with Crippen LogP contribution in [0, 0.1) is 0 Å². The smallest absolute Gasteiger partial charge is 0.250 e. The van der Waals surface area contributed by atoms with Crippen molar-refractivity contribution in [3.8, 4) is 16.9 Å². The molecule has 0 amide bonds. The molecule has 4 rings (SSSR count). The highest BCUT2D eigenvalue weighted by Crippen LogP contribution is 2.39. The molecule has 7 heteroatoms. The van der Waals surface area contributed by atoms with E-state index in [0.717, 1.165) is 39.0 Å². The third-order valence-corrected chi connectivity index (χ3v) is 11.1. The van der Waals surface area contributed by atoms with Crippen LogP contribution in [0.1, 0.15) is 38.1 Å². The van der Waals surface area contributed by atoms with Crippen molar-refractivity contribution in [3.63, 3.8) is 0 Å². The van der Waals surface area contributed by atoms with Crippen molar-refractivity contribution in [1.82, 2.24) is 14.5 Å². The molecule has 0 aliphatic heterocycles. The molecule has 0 radical (unpaired) electrons. The highest BCUT2D eigenvalue weighted by Gasteiger charge is 2.39. The number of pyridine rings is 1. The van der Waals surface area contributed by atoms with Gasteiger partial charge >= 0.3 is 0 Å². The first-order valence-corrected chi connectivity index (χ1v) is 14.3. The van der Waals surface area contributed by atoms with Gasteiger partial charge in [0.15, 0.2) is 0 Å². The zero-order valence-electron chi connectivity index (χ0n) is 19.9. The molecule has 0 bridgehead atoms. The maximum absolute atomic E-state index is 11.0. The van der Waals surface area contributed by atoms with Crippen LogP contribution in [0.15, 0.2) is 61.1 Å². The number of aliphatic hydroxyl groups is 1. The van der Waals surface area contributed by atoms with E-state index < -0.39 is 14.4 Å². The summed E-state index contributed by atoms with van der Waals surface area (Å²) in [5.41, 5.74) is 4.21. The molecule has 4 aromatic rings. The number of hydrogen-bond acceptors (Lipinski definition) is 4. The van der Waals surface area contributed by atoms with E-state index >= 15 is 0 Å². The van der Waals surface area contributed by atoms with Crippen LogP contribution in [0.25, 0.3) is 22.0 Å². The van der Waals surface area contributed by atoms with Gasteiger partial charge in [-0.15, -0.1) is 0 Å². The van der Waals surface area contributed by atoms with Gasteiger partial charge in [-0.2, -0.15) is 0 Å². The van der Waals surface area contributed by atoms with E-state index in [9.17, 15) is 5.11 Å². The lowest BCUT2D eigenvalue weighted by Crippen LogP contribution is -2.43. The Balaban J connectivity index is 1.80. The van der Waals surface area contributed by atoms with Gasteiger partial charge in [0.1, 0.15) is 17.0 Å². The van der Waals surface area contributed by atoms with Crippen LogP contribution in [-0.2, 0) is 7.05 Å². The number of fused-ring (bicyclic) bond motifs is 1. The largest absolute Gasteiger partial charge is 0.543 e. The number of aromatic nitrogens is 3. The summed E-state index contributed by atoms with van der Waals surface area (Å²) in [5.74, 6) is 0.853. The van der Waals surface area contributed by atoms with Crippen LogP contribution < -0.4 is 4.43 Å². The molecule has 0 aliphatic carbocycles. The molecule has 172 valence electrons. The summed E-state index contributed by atoms with van der Waals surface area (Å²) < 4.78 is 8.35. The predicted molar refractivity (Wildman–Crippen MR) is 137 cm³/mol. The monoisotopic (exact) mass is 479 g/mol. The quantitative estimate of drug-likeness (QED) is 0.254. The van der Waals surface area contributed by atoms with Gasteiger partial charge in [-0.05, 0) is 65.2 Å². The van der Waals surface area contributed by atoms with Crippen LogP contribution in [0.3, 0.4) is 0 Å². The van der Waals surface area contributed by atoms with E-state index in [2.05, 4.69) is 49.9 Å². The first-order valence-electron chi connectivity index (χ1n) is 11.0. The lowest BCUT2D eigenvalue weighted by atomic mass is 9.97. The zero-order valence-corrected chi connectivity index (χ0v) is 21.7. The van der Waals surface area contributed by atoms with Gasteiger partial charge < -0.3 is 14.1 Å². The molecule has 2 aromatic carbocycles. The van der Waals surface area contributed by atoms with E-state index in [0.29, 0.717) is 5.15 Å². The summed E-state index contributed by atoms with van der Waals surface area (Å²) in [6, 6.07) is 15.8. The van der Waals surface area contributed by atoms with Gasteiger partial charge in [0.25, 0.3) is 0 Å². The molecule has 0 saturated carbocycles. The molecule has 1 atom stereocenters. The average Bonchev–Trinajstić information content (AvgIpc) is 3.17. The lowest BCUT2D eigenvalue weighted by molar-refractivity contribution is 0.211. The minimum atomic E-state index is -1.97. The summed E-state index contributed by atoms with van der Waals surface area (Å²) in [6.45, 7) is 11.2. The normalized spacial score (nSPS) is 13.3. The number of halogens is 1. The number of rotatable bonds is 5. The molecular weight excluding hydrogens is 450 g/mol. The molecule has 0 spiro atoms. The van der Waals surface area contributed by atoms with Gasteiger partial charge in [0.05, 0.1) is 23.7 Å². The van der Waals surface area contributed by atoms with Gasteiger partial charge in [-0.25, -0.2) is 9.97 Å². The van der Waals surface area contributed by atoms with Crippen molar-refractivity contribution in [3.05, 3.63) is 77.5 Å². The Labute approximate surface area is 201 Å². The number of aliphatic hydroxyl groups excluding tert-OH is 1. The summed E-state index contributed by atoms with van der Waals surface area (Å²) in [7, 11) is -0.106. The van der Waals surface area contributed by atoms with Crippen molar-refractivity contribution in [2.45, 2.75) is 45.0 Å². The minimum absolute atomic E-state index is 0.104. The molecule has 0 saturated heterocycles. The fraction of sp³-hybridized carbons (Fsp3) is 0.308. The zero-order chi connectivity index (χ0) is 24.0. The fourth-order valence-electron chi connectivity index (χ4n) is 3.60. The molecule has 1 unspecified atom stereocenters. The van der Waals surface area contributed by atoms with E-state index in [1.165, 1.54) is 0 Å². The van der Waals surface area contributed by atoms with E-state index in [4.69, 9.17) is 16.0 Å². The topological polar surface area (TPSA) is 60.2 Å². The molecule has 0 fully saturated rings. The molecule has 33 heavy (non-hydrogen) atoms. The van der Waals surface area contributed by atoms with Crippen molar-refractivity contribution in [2.24, 2.45) is 7.05 Å². The Morgan fingerprint density at radius 2 is 1.85 bits per heavy atom. The summed E-state index contributed by atoms with van der Waals surface area (Å²) >= 11 is 6.39. The van der Waals surface area contributed by atoms with Crippen molar-refractivity contribution < 1.29 is 9.53 Å². The van der Waals surface area contributed by atoms with Crippen LogP contribution in [0.5, 0.6) is 5.75 Å². The lowest BCUT2D eigenvalue weighted by Gasteiger charge is -2.36. The maximum Gasteiger partial charge on any atom is 0.250 e. The second kappa shape index (κ2) is 8.59. The van der Waals surface area contributed by atoms with Gasteiger partial charge in [-0.3, -0.25) is 0 Å². The molecule has 0 aliphatic rings. The first kappa shape index (κ1) is 23.5. The van der Waals surface area contributed by atoms with Crippen LogP contribution in [0.2, 0.25) is 23.3 Å². The number of hydrogen-bond donors (Lipinski definition) is 1. The van der Waals surface area contributed by atoms with Crippen LogP contribution in [0.4, 0.5) is 0 Å². The predicted octanol–water partition coefficient (Wildman–Crippen LogP) is 6.75. The van der Waals surface area contributed by atoms with Crippen molar-refractivity contribution >= 4 is 30.8 Å². The van der Waals surface area contributed by atoms with Gasteiger partial charge in [0, 0.05) is 12.4 Å². The van der Waals surface area contributed by atoms with E-state index in [-0.39, 0.29) is 5.04 Å². The summed E-state index contributed by atoms with van der Waals surface area (Å²) in [6.07, 6.45) is 2.57. The second-order valence-electron chi connectivity index (χ2n) is 9.99. The Bertz CT molecular complexity index is 1310. The van der Waals surface area contributed by atoms with Crippen LogP contribution in [-0.4, -0.2) is 28.0 Å². The van der Waals surface area contributed by atoms with Gasteiger partial charge in [-0.1, -0.05) is 50.6 Å². The Morgan fingerprint density at radius 1 is 1.09 bits per heavy atom. The van der Waals surface area contributed by atoms with E-state index in [1.54, 1.807) is 12.5 Å². The highest BCUT2D eigenvalue weighted by molar-refractivity contribution is 6.74. The SMILES string of the molecule is Cn1cncc1C(O)c1ccc2nc(Cl)cc(-c3cccc(O[Si](C)(C)C(C)(C)C)c3)c2c1. The minimum Gasteiger partial charge on any atom is -0.543 e. The molecule has 2 heterocycles. The number of imidazole rings is 1. The number of nitrogens with zero attached hydrogens (tertiary/aromatic N) is 3. The fourth-order valence-corrected chi connectivity index (χ4v) is 4.82. The summed E-state index contributed by atoms with van der Waals surface area (Å²) in [5, 5.41) is 12.4. The standard InChI is InChI=1S/C26H30ClN3O2Si/c1-26(2,3)33(5,6)32-19-9-7-8-17(12-19)20-14-24(27)29-22-11-10-18(13-21(20)22)25(31)23-15-28-16-30(23)4/h7-16,25,31H,1-6H3. The van der Waals surface area contributed by atoms with E-state index in [1.807, 2.05) is 54.1 Å². The van der Waals surface area contributed by atoms with Crippen molar-refractivity contribution in [1.29, 1.82) is 0 Å². The first-order chi connectivity index (χ1) is 15.5. The number of benzene rings is 2. The molecular formula is C26H30ClN3O2Si. The highest BCUT2D eigenvalue weighted by atomic mass is 35.5. The Hall–Kier alpha value is -2.67. The second-order valence-corrected chi connectivity index (χ2v) is 15.1. The van der Waals surface area contributed by atoms with Gasteiger partial charge in [0.2, 0.25) is 8.32 Å².